The van der Waals surface area contributed by atoms with Crippen molar-refractivity contribution in [3.05, 3.63) is 0 Å². The van der Waals surface area contributed by atoms with Gasteiger partial charge in [-0.25, -0.2) is 4.79 Å². The number of amides is 2. The number of hydrogen-bond acceptors (Lipinski definition) is 1. The summed E-state index contributed by atoms with van der Waals surface area (Å²) in [7, 11) is 3.71. The summed E-state index contributed by atoms with van der Waals surface area (Å²) in [5.41, 5.74) is 0. The first-order valence-corrected chi connectivity index (χ1v) is 4.03. The molecule has 64 valence electrons. The predicted molar refractivity (Wildman–Crippen MR) is 44.5 cm³/mol. The zero-order chi connectivity index (χ0) is 8.59. The molecule has 0 aromatic heterocycles. The maximum absolute atomic E-state index is 11.4. The topological polar surface area (TPSA) is 23.6 Å². The van der Waals surface area contributed by atoms with Gasteiger partial charge in [-0.05, 0) is 20.3 Å². The molecule has 0 spiro atoms. The van der Waals surface area contributed by atoms with Gasteiger partial charge in [0.25, 0.3) is 0 Å². The smallest absolute Gasteiger partial charge is 0.319 e. The highest BCUT2D eigenvalue weighted by atomic mass is 16.2. The summed E-state index contributed by atoms with van der Waals surface area (Å²) in [6.07, 6.45) is 1.07. The van der Waals surface area contributed by atoms with Gasteiger partial charge in [0, 0.05) is 26.2 Å². The van der Waals surface area contributed by atoms with Crippen LogP contribution in [0.5, 0.6) is 0 Å². The van der Waals surface area contributed by atoms with E-state index >= 15 is 0 Å². The fourth-order valence-corrected chi connectivity index (χ4v) is 1.44. The Labute approximate surface area is 68.0 Å². The molecule has 0 aliphatic carbocycles. The standard InChI is InChI=1S/C8H16N2O/c1-6-5-7(2)10(4)8(11)9(6)3/h6-7H,5H2,1-4H3. The first kappa shape index (κ1) is 8.37. The van der Waals surface area contributed by atoms with E-state index in [1.807, 2.05) is 14.1 Å². The van der Waals surface area contributed by atoms with Crippen LogP contribution in [0.4, 0.5) is 4.79 Å². The van der Waals surface area contributed by atoms with Crippen LogP contribution in [0.2, 0.25) is 0 Å². The second kappa shape index (κ2) is 2.72. The van der Waals surface area contributed by atoms with Crippen LogP contribution in [-0.2, 0) is 0 Å². The lowest BCUT2D eigenvalue weighted by Gasteiger charge is -2.40. The third-order valence-electron chi connectivity index (χ3n) is 2.61. The average molecular weight is 156 g/mol. The van der Waals surface area contributed by atoms with Crippen LogP contribution in [0.25, 0.3) is 0 Å². The van der Waals surface area contributed by atoms with Crippen LogP contribution in [-0.4, -0.2) is 42.0 Å². The van der Waals surface area contributed by atoms with Crippen LogP contribution in [0.3, 0.4) is 0 Å². The van der Waals surface area contributed by atoms with E-state index in [-0.39, 0.29) is 6.03 Å². The normalized spacial score (nSPS) is 32.9. The lowest BCUT2D eigenvalue weighted by Crippen LogP contribution is -2.53. The summed E-state index contributed by atoms with van der Waals surface area (Å²) in [5.74, 6) is 0. The van der Waals surface area contributed by atoms with Crippen molar-refractivity contribution in [1.82, 2.24) is 9.80 Å². The van der Waals surface area contributed by atoms with E-state index in [1.54, 1.807) is 9.80 Å². The number of carbonyl (C=O) groups excluding carboxylic acids is 1. The molecule has 2 unspecified atom stereocenters. The quantitative estimate of drug-likeness (QED) is 0.516. The zero-order valence-electron chi connectivity index (χ0n) is 7.66. The summed E-state index contributed by atoms with van der Waals surface area (Å²) in [4.78, 5) is 15.0. The molecule has 2 atom stereocenters. The van der Waals surface area contributed by atoms with Gasteiger partial charge in [-0.15, -0.1) is 0 Å². The second-order valence-electron chi connectivity index (χ2n) is 3.44. The van der Waals surface area contributed by atoms with Gasteiger partial charge in [0.2, 0.25) is 0 Å². The van der Waals surface area contributed by atoms with Crippen LogP contribution >= 0.6 is 0 Å². The molecule has 1 rings (SSSR count). The van der Waals surface area contributed by atoms with Gasteiger partial charge < -0.3 is 9.80 Å². The predicted octanol–water partition coefficient (Wildman–Crippen LogP) is 1.15. The third-order valence-corrected chi connectivity index (χ3v) is 2.61. The Hall–Kier alpha value is -0.730. The van der Waals surface area contributed by atoms with Crippen molar-refractivity contribution < 1.29 is 4.79 Å². The number of nitrogens with zero attached hydrogens (tertiary/aromatic N) is 2. The summed E-state index contributed by atoms with van der Waals surface area (Å²) < 4.78 is 0. The van der Waals surface area contributed by atoms with Crippen LogP contribution < -0.4 is 0 Å². The minimum Gasteiger partial charge on any atom is -0.325 e. The molecule has 3 heteroatoms. The monoisotopic (exact) mass is 156 g/mol. The molecule has 1 saturated heterocycles. The molecule has 1 fully saturated rings. The van der Waals surface area contributed by atoms with Gasteiger partial charge in [-0.1, -0.05) is 0 Å². The van der Waals surface area contributed by atoms with Crippen LogP contribution in [0, 0.1) is 0 Å². The summed E-state index contributed by atoms with van der Waals surface area (Å²) in [6.45, 7) is 4.17. The molecule has 0 bridgehead atoms. The number of hydrogen-bond donors (Lipinski definition) is 0. The van der Waals surface area contributed by atoms with Crippen molar-refractivity contribution in [1.29, 1.82) is 0 Å². The van der Waals surface area contributed by atoms with Crippen molar-refractivity contribution in [2.45, 2.75) is 32.4 Å². The second-order valence-corrected chi connectivity index (χ2v) is 3.44. The minimum atomic E-state index is 0.135. The van der Waals surface area contributed by atoms with E-state index in [0.717, 1.165) is 6.42 Å². The zero-order valence-corrected chi connectivity index (χ0v) is 7.66. The first-order valence-electron chi connectivity index (χ1n) is 4.03. The van der Waals surface area contributed by atoms with Gasteiger partial charge in [0.15, 0.2) is 0 Å². The van der Waals surface area contributed by atoms with Crippen LogP contribution in [0.1, 0.15) is 20.3 Å². The van der Waals surface area contributed by atoms with Gasteiger partial charge in [-0.3, -0.25) is 0 Å². The molecule has 0 radical (unpaired) electrons. The molecule has 1 heterocycles. The molecular formula is C8H16N2O. The van der Waals surface area contributed by atoms with Gasteiger partial charge >= 0.3 is 6.03 Å². The average Bonchev–Trinajstić information content (AvgIpc) is 1.97. The van der Waals surface area contributed by atoms with E-state index < -0.39 is 0 Å². The Morgan fingerprint density at radius 2 is 1.55 bits per heavy atom. The molecule has 2 amide bonds. The first-order chi connectivity index (χ1) is 5.04. The molecule has 0 saturated carbocycles. The van der Waals surface area contributed by atoms with E-state index in [1.165, 1.54) is 0 Å². The van der Waals surface area contributed by atoms with Crippen molar-refractivity contribution in [3.63, 3.8) is 0 Å². The fourth-order valence-electron chi connectivity index (χ4n) is 1.44. The van der Waals surface area contributed by atoms with E-state index in [4.69, 9.17) is 0 Å². The SMILES string of the molecule is CC1CC(C)N(C)C(=O)N1C. The molecule has 0 aromatic carbocycles. The lowest BCUT2D eigenvalue weighted by molar-refractivity contribution is 0.104. The Morgan fingerprint density at radius 3 is 1.91 bits per heavy atom. The molecular weight excluding hydrogens is 140 g/mol. The molecule has 1 aliphatic heterocycles. The van der Waals surface area contributed by atoms with E-state index in [0.29, 0.717) is 12.1 Å². The van der Waals surface area contributed by atoms with E-state index in [2.05, 4.69) is 13.8 Å². The molecule has 1 aliphatic rings. The molecule has 11 heavy (non-hydrogen) atoms. The molecule has 0 N–H and O–H groups in total. The maximum atomic E-state index is 11.4. The summed E-state index contributed by atoms with van der Waals surface area (Å²) in [5, 5.41) is 0. The van der Waals surface area contributed by atoms with Crippen molar-refractivity contribution in [3.8, 4) is 0 Å². The van der Waals surface area contributed by atoms with Crippen molar-refractivity contribution in [2.24, 2.45) is 0 Å². The Bertz CT molecular complexity index is 153. The van der Waals surface area contributed by atoms with Crippen molar-refractivity contribution >= 4 is 6.03 Å². The highest BCUT2D eigenvalue weighted by Gasteiger charge is 2.29. The Morgan fingerprint density at radius 1 is 1.18 bits per heavy atom. The number of rotatable bonds is 0. The molecule has 0 aromatic rings. The fraction of sp³-hybridized carbons (Fsp3) is 0.875. The number of carbonyl (C=O) groups is 1. The lowest BCUT2D eigenvalue weighted by atomic mass is 10.1. The highest BCUT2D eigenvalue weighted by Crippen LogP contribution is 2.17. The Balaban J connectivity index is 2.71. The van der Waals surface area contributed by atoms with Crippen LogP contribution in [0.15, 0.2) is 0 Å². The van der Waals surface area contributed by atoms with Crippen molar-refractivity contribution in [2.75, 3.05) is 14.1 Å². The van der Waals surface area contributed by atoms with Gasteiger partial charge in [0.05, 0.1) is 0 Å². The molecule has 3 nitrogen and oxygen atoms in total. The largest absolute Gasteiger partial charge is 0.325 e. The minimum absolute atomic E-state index is 0.135. The number of urea groups is 1. The maximum Gasteiger partial charge on any atom is 0.319 e. The Kier molecular flexibility index (Phi) is 2.07. The summed E-state index contributed by atoms with van der Waals surface area (Å²) >= 11 is 0. The van der Waals surface area contributed by atoms with Gasteiger partial charge in [0.1, 0.15) is 0 Å². The van der Waals surface area contributed by atoms with E-state index in [9.17, 15) is 4.79 Å². The highest BCUT2D eigenvalue weighted by molar-refractivity contribution is 5.75. The van der Waals surface area contributed by atoms with Gasteiger partial charge in [-0.2, -0.15) is 0 Å². The third kappa shape index (κ3) is 1.32. The summed E-state index contributed by atoms with van der Waals surface area (Å²) in [6, 6.07) is 0.902.